The lowest BCUT2D eigenvalue weighted by Gasteiger charge is -2.18. The molecule has 1 aromatic rings. The summed E-state index contributed by atoms with van der Waals surface area (Å²) in [7, 11) is 0. The first-order valence-electron chi connectivity index (χ1n) is 6.21. The molecule has 5 nitrogen and oxygen atoms in total. The molecular weight excluding hydrogens is 254 g/mol. The van der Waals surface area contributed by atoms with Crippen LogP contribution < -0.4 is 4.90 Å². The second-order valence-corrected chi connectivity index (χ2v) is 4.88. The van der Waals surface area contributed by atoms with Crippen LogP contribution in [0.2, 0.25) is 0 Å². The van der Waals surface area contributed by atoms with Crippen molar-refractivity contribution in [2.45, 2.75) is 31.5 Å². The molecule has 1 aliphatic rings. The van der Waals surface area contributed by atoms with Crippen LogP contribution in [0.15, 0.2) is 12.4 Å². The first-order chi connectivity index (χ1) is 8.72. The average molecular weight is 272 g/mol. The molecule has 2 heterocycles. The van der Waals surface area contributed by atoms with Crippen molar-refractivity contribution in [2.75, 3.05) is 23.9 Å². The summed E-state index contributed by atoms with van der Waals surface area (Å²) >= 11 is 5.53. The number of aromatic nitrogens is 2. The average Bonchev–Trinajstić information content (AvgIpc) is 2.92. The maximum Gasteiger partial charge on any atom is 0.225 e. The van der Waals surface area contributed by atoms with Crippen molar-refractivity contribution in [1.29, 1.82) is 0 Å². The molecule has 0 saturated carbocycles. The van der Waals surface area contributed by atoms with Gasteiger partial charge in [-0.3, -0.25) is 0 Å². The maximum absolute atomic E-state index is 9.87. The fourth-order valence-electron chi connectivity index (χ4n) is 2.06. The summed E-state index contributed by atoms with van der Waals surface area (Å²) in [6.07, 6.45) is 3.98. The Morgan fingerprint density at radius 3 is 2.39 bits per heavy atom. The van der Waals surface area contributed by atoms with Gasteiger partial charge >= 0.3 is 0 Å². The molecular formula is C12H18ClN3O2. The van der Waals surface area contributed by atoms with Crippen molar-refractivity contribution in [3.8, 4) is 0 Å². The lowest BCUT2D eigenvalue weighted by Crippen LogP contribution is -2.22. The second-order valence-electron chi connectivity index (χ2n) is 4.50. The van der Waals surface area contributed by atoms with Crippen molar-refractivity contribution < 1.29 is 10.2 Å². The molecule has 0 aromatic carbocycles. The Balaban J connectivity index is 2.02. The van der Waals surface area contributed by atoms with Gasteiger partial charge in [0.25, 0.3) is 0 Å². The summed E-state index contributed by atoms with van der Waals surface area (Å²) < 4.78 is 0. The molecule has 0 bridgehead atoms. The molecule has 6 heteroatoms. The molecule has 0 radical (unpaired) electrons. The highest BCUT2D eigenvalue weighted by Gasteiger charge is 2.20. The van der Waals surface area contributed by atoms with Crippen molar-refractivity contribution in [3.63, 3.8) is 0 Å². The Morgan fingerprint density at radius 2 is 1.83 bits per heavy atom. The molecule has 0 spiro atoms. The van der Waals surface area contributed by atoms with Gasteiger partial charge in [0.2, 0.25) is 5.95 Å². The Kier molecular flexibility index (Phi) is 4.74. The van der Waals surface area contributed by atoms with Crippen LogP contribution in [0.25, 0.3) is 0 Å². The molecule has 2 atom stereocenters. The van der Waals surface area contributed by atoms with Gasteiger partial charge in [0, 0.05) is 36.9 Å². The number of aliphatic hydroxyl groups excluding tert-OH is 2. The minimum atomic E-state index is -0.976. The van der Waals surface area contributed by atoms with E-state index < -0.39 is 12.2 Å². The van der Waals surface area contributed by atoms with Crippen LogP contribution in [-0.4, -0.2) is 45.3 Å². The first kappa shape index (κ1) is 13.5. The Morgan fingerprint density at radius 1 is 1.22 bits per heavy atom. The predicted molar refractivity (Wildman–Crippen MR) is 69.8 cm³/mol. The van der Waals surface area contributed by atoms with Gasteiger partial charge in [0.15, 0.2) is 0 Å². The van der Waals surface area contributed by atoms with Gasteiger partial charge in [-0.05, 0) is 19.3 Å². The molecule has 0 aliphatic carbocycles. The number of rotatable bonds is 5. The molecule has 1 saturated heterocycles. The number of hydrogen-bond donors (Lipinski definition) is 2. The van der Waals surface area contributed by atoms with Crippen LogP contribution in [-0.2, 0) is 0 Å². The van der Waals surface area contributed by atoms with Crippen molar-refractivity contribution in [2.24, 2.45) is 0 Å². The summed E-state index contributed by atoms with van der Waals surface area (Å²) in [5, 5.41) is 19.5. The zero-order valence-electron chi connectivity index (χ0n) is 10.2. The van der Waals surface area contributed by atoms with Gasteiger partial charge in [-0.15, -0.1) is 11.6 Å². The van der Waals surface area contributed by atoms with Crippen molar-refractivity contribution in [3.05, 3.63) is 18.0 Å². The zero-order chi connectivity index (χ0) is 13.0. The highest BCUT2D eigenvalue weighted by Crippen LogP contribution is 2.20. The lowest BCUT2D eigenvalue weighted by molar-refractivity contribution is 0.0166. The van der Waals surface area contributed by atoms with Gasteiger partial charge in [0.05, 0.1) is 6.10 Å². The molecule has 100 valence electrons. The number of hydrogen-bond acceptors (Lipinski definition) is 5. The fourth-order valence-corrected chi connectivity index (χ4v) is 2.28. The minimum Gasteiger partial charge on any atom is -0.390 e. The Hall–Kier alpha value is -0.910. The SMILES string of the molecule is OC(CCCl)C(O)c1cnc(N2CCCC2)nc1. The molecule has 2 unspecified atom stereocenters. The monoisotopic (exact) mass is 271 g/mol. The number of halogens is 1. The standard InChI is InChI=1S/C12H18ClN3O2/c13-4-3-10(17)11(18)9-7-14-12(15-8-9)16-5-1-2-6-16/h7-8,10-11,17-18H,1-6H2. The summed E-state index contributed by atoms with van der Waals surface area (Å²) in [4.78, 5) is 10.6. The summed E-state index contributed by atoms with van der Waals surface area (Å²) in [5.41, 5.74) is 0.524. The van der Waals surface area contributed by atoms with E-state index >= 15 is 0 Å². The van der Waals surface area contributed by atoms with E-state index in [-0.39, 0.29) is 0 Å². The highest BCUT2D eigenvalue weighted by atomic mass is 35.5. The summed E-state index contributed by atoms with van der Waals surface area (Å²) in [6, 6.07) is 0. The van der Waals surface area contributed by atoms with E-state index in [0.29, 0.717) is 23.8 Å². The predicted octanol–water partition coefficient (Wildman–Crippen LogP) is 1.10. The third-order valence-electron chi connectivity index (χ3n) is 3.16. The molecule has 18 heavy (non-hydrogen) atoms. The summed E-state index contributed by atoms with van der Waals surface area (Å²) in [6.45, 7) is 1.97. The largest absolute Gasteiger partial charge is 0.390 e. The van der Waals surface area contributed by atoms with Gasteiger partial charge < -0.3 is 15.1 Å². The third kappa shape index (κ3) is 3.10. The normalized spacial score (nSPS) is 18.9. The van der Waals surface area contributed by atoms with Crippen LogP contribution in [0.4, 0.5) is 5.95 Å². The van der Waals surface area contributed by atoms with Gasteiger partial charge in [-0.2, -0.15) is 0 Å². The van der Waals surface area contributed by atoms with Crippen LogP contribution in [0.3, 0.4) is 0 Å². The van der Waals surface area contributed by atoms with Crippen molar-refractivity contribution in [1.82, 2.24) is 9.97 Å². The van der Waals surface area contributed by atoms with Crippen LogP contribution in [0, 0.1) is 0 Å². The van der Waals surface area contributed by atoms with E-state index in [2.05, 4.69) is 14.9 Å². The quantitative estimate of drug-likeness (QED) is 0.785. The first-order valence-corrected chi connectivity index (χ1v) is 6.75. The molecule has 2 rings (SSSR count). The number of anilines is 1. The molecule has 0 amide bonds. The summed E-state index contributed by atoms with van der Waals surface area (Å²) in [5.74, 6) is 1.00. The molecule has 1 aliphatic heterocycles. The van der Waals surface area contributed by atoms with E-state index in [0.717, 1.165) is 13.1 Å². The number of nitrogens with zero attached hydrogens (tertiary/aromatic N) is 3. The van der Waals surface area contributed by atoms with Gasteiger partial charge in [0.1, 0.15) is 6.10 Å². The van der Waals surface area contributed by atoms with Crippen molar-refractivity contribution >= 4 is 17.5 Å². The molecule has 2 N–H and O–H groups in total. The molecule has 1 fully saturated rings. The number of aliphatic hydroxyl groups is 2. The second kappa shape index (κ2) is 6.31. The fraction of sp³-hybridized carbons (Fsp3) is 0.667. The Bertz CT molecular complexity index is 368. The third-order valence-corrected chi connectivity index (χ3v) is 3.38. The lowest BCUT2D eigenvalue weighted by atomic mass is 10.1. The Labute approximate surface area is 111 Å². The van der Waals surface area contributed by atoms with Crippen LogP contribution in [0.5, 0.6) is 0 Å². The van der Waals surface area contributed by atoms with Crippen LogP contribution in [0.1, 0.15) is 30.9 Å². The van der Waals surface area contributed by atoms with Crippen LogP contribution >= 0.6 is 11.6 Å². The highest BCUT2D eigenvalue weighted by molar-refractivity contribution is 6.17. The van der Waals surface area contributed by atoms with E-state index in [4.69, 9.17) is 11.6 Å². The van der Waals surface area contributed by atoms with E-state index in [1.807, 2.05) is 0 Å². The van der Waals surface area contributed by atoms with Gasteiger partial charge in [-0.25, -0.2) is 9.97 Å². The maximum atomic E-state index is 9.87. The van der Waals surface area contributed by atoms with E-state index in [1.165, 1.54) is 12.8 Å². The van der Waals surface area contributed by atoms with E-state index in [1.54, 1.807) is 12.4 Å². The zero-order valence-corrected chi connectivity index (χ0v) is 10.9. The number of alkyl halides is 1. The smallest absolute Gasteiger partial charge is 0.225 e. The van der Waals surface area contributed by atoms with E-state index in [9.17, 15) is 10.2 Å². The minimum absolute atomic E-state index is 0.310. The van der Waals surface area contributed by atoms with Gasteiger partial charge in [-0.1, -0.05) is 0 Å². The molecule has 1 aromatic heterocycles. The topological polar surface area (TPSA) is 69.5 Å².